The molecule has 4 rings (SSSR count). The molecule has 0 aliphatic carbocycles. The summed E-state index contributed by atoms with van der Waals surface area (Å²) in [5.41, 5.74) is 2.04. The molecule has 1 unspecified atom stereocenters. The van der Waals surface area contributed by atoms with Crippen LogP contribution in [0.4, 0.5) is 4.39 Å². The van der Waals surface area contributed by atoms with Gasteiger partial charge in [-0.25, -0.2) is 9.49 Å². The van der Waals surface area contributed by atoms with Crippen LogP contribution in [0.3, 0.4) is 0 Å². The lowest BCUT2D eigenvalue weighted by molar-refractivity contribution is -0.139. The third-order valence-electron chi connectivity index (χ3n) is 5.61. The average molecular weight is 446 g/mol. The number of nitrogens with one attached hydrogen (secondary N) is 1. The van der Waals surface area contributed by atoms with Gasteiger partial charge in [-0.05, 0) is 34.9 Å². The first-order valence-corrected chi connectivity index (χ1v) is 10.6. The van der Waals surface area contributed by atoms with Crippen molar-refractivity contribution in [3.63, 3.8) is 0 Å². The van der Waals surface area contributed by atoms with Crippen LogP contribution < -0.4 is 5.56 Å². The lowest BCUT2D eigenvalue weighted by Gasteiger charge is -2.40. The molecule has 168 valence electrons. The van der Waals surface area contributed by atoms with Gasteiger partial charge in [0.2, 0.25) is 5.91 Å². The Morgan fingerprint density at radius 3 is 2.55 bits per heavy atom. The minimum Gasteiger partial charge on any atom is -0.335 e. The summed E-state index contributed by atoms with van der Waals surface area (Å²) in [7, 11) is 0. The van der Waals surface area contributed by atoms with Crippen LogP contribution in [0.5, 0.6) is 0 Å². The largest absolute Gasteiger partial charge is 0.335 e. The molecular formula is C25H23FN4O3. The molecule has 1 saturated heterocycles. The van der Waals surface area contributed by atoms with Crippen LogP contribution in [0.1, 0.15) is 16.1 Å². The third-order valence-corrected chi connectivity index (χ3v) is 5.61. The zero-order valence-electron chi connectivity index (χ0n) is 17.9. The van der Waals surface area contributed by atoms with E-state index in [2.05, 4.69) is 16.8 Å². The van der Waals surface area contributed by atoms with Crippen molar-refractivity contribution >= 4 is 11.8 Å². The maximum Gasteiger partial charge on any atom is 0.275 e. The first-order valence-electron chi connectivity index (χ1n) is 10.6. The molecule has 2 aromatic carbocycles. The second kappa shape index (κ2) is 9.60. The standard InChI is InChI=1S/C25H23FN4O3/c1-2-11-29-12-13-30(24(32)21-9-10-23(31)28-27-21)22(25(29)33)15-17-5-3-6-18(14-17)19-7-4-8-20(26)16-19/h2-10,14,16,22H,1,11-13,15H2,(H,28,31). The summed E-state index contributed by atoms with van der Waals surface area (Å²) in [6.45, 7) is 4.80. The van der Waals surface area contributed by atoms with Gasteiger partial charge in [0.25, 0.3) is 11.5 Å². The van der Waals surface area contributed by atoms with Crippen molar-refractivity contribution in [3.05, 3.63) is 101 Å². The highest BCUT2D eigenvalue weighted by molar-refractivity contribution is 5.97. The number of aromatic amines is 1. The topological polar surface area (TPSA) is 86.4 Å². The Labute approximate surface area is 190 Å². The van der Waals surface area contributed by atoms with Crippen molar-refractivity contribution in [3.8, 4) is 11.1 Å². The van der Waals surface area contributed by atoms with Crippen molar-refractivity contribution < 1.29 is 14.0 Å². The van der Waals surface area contributed by atoms with E-state index in [1.165, 1.54) is 29.2 Å². The van der Waals surface area contributed by atoms with E-state index in [9.17, 15) is 18.8 Å². The molecule has 1 aromatic heterocycles. The highest BCUT2D eigenvalue weighted by Crippen LogP contribution is 2.24. The average Bonchev–Trinajstić information content (AvgIpc) is 2.82. The number of hydrogen-bond donors (Lipinski definition) is 1. The summed E-state index contributed by atoms with van der Waals surface area (Å²) in [5, 5.41) is 6.09. The van der Waals surface area contributed by atoms with E-state index in [4.69, 9.17) is 0 Å². The number of nitrogens with zero attached hydrogens (tertiary/aromatic N) is 3. The number of piperazine rings is 1. The van der Waals surface area contributed by atoms with Gasteiger partial charge in [-0.1, -0.05) is 42.5 Å². The summed E-state index contributed by atoms with van der Waals surface area (Å²) in [4.78, 5) is 40.9. The Morgan fingerprint density at radius 1 is 1.09 bits per heavy atom. The first kappa shape index (κ1) is 22.1. The van der Waals surface area contributed by atoms with E-state index >= 15 is 0 Å². The van der Waals surface area contributed by atoms with Crippen LogP contribution in [0.15, 0.2) is 78.1 Å². The van der Waals surface area contributed by atoms with Crippen LogP contribution in [0.25, 0.3) is 11.1 Å². The summed E-state index contributed by atoms with van der Waals surface area (Å²) < 4.78 is 13.7. The van der Waals surface area contributed by atoms with Gasteiger partial charge in [0.15, 0.2) is 0 Å². The fourth-order valence-corrected chi connectivity index (χ4v) is 4.00. The number of H-pyrrole nitrogens is 1. The minimum atomic E-state index is -0.748. The van der Waals surface area contributed by atoms with Gasteiger partial charge in [0.1, 0.15) is 17.6 Å². The van der Waals surface area contributed by atoms with E-state index in [0.717, 1.165) is 16.7 Å². The van der Waals surface area contributed by atoms with Crippen LogP contribution in [-0.2, 0) is 11.2 Å². The van der Waals surface area contributed by atoms with E-state index in [1.54, 1.807) is 17.0 Å². The predicted octanol–water partition coefficient (Wildman–Crippen LogP) is 2.66. The molecule has 2 heterocycles. The number of aromatic nitrogens is 2. The Balaban J connectivity index is 1.65. The van der Waals surface area contributed by atoms with E-state index in [0.29, 0.717) is 19.6 Å². The SMILES string of the molecule is C=CCN1CCN(C(=O)c2ccc(=O)[nH]n2)C(Cc2cccc(-c3cccc(F)c3)c2)C1=O. The Kier molecular flexibility index (Phi) is 6.44. The fraction of sp³-hybridized carbons (Fsp3) is 0.200. The van der Waals surface area contributed by atoms with Crippen molar-refractivity contribution in [1.29, 1.82) is 0 Å². The van der Waals surface area contributed by atoms with E-state index in [-0.39, 0.29) is 23.8 Å². The molecule has 3 aromatic rings. The van der Waals surface area contributed by atoms with Crippen LogP contribution in [0, 0.1) is 5.82 Å². The van der Waals surface area contributed by atoms with Gasteiger partial charge in [-0.15, -0.1) is 6.58 Å². The zero-order valence-corrected chi connectivity index (χ0v) is 17.9. The third kappa shape index (κ3) is 4.90. The van der Waals surface area contributed by atoms with Gasteiger partial charge in [0.05, 0.1) is 0 Å². The molecule has 0 saturated carbocycles. The molecule has 7 nitrogen and oxygen atoms in total. The van der Waals surface area contributed by atoms with Gasteiger partial charge in [0, 0.05) is 32.1 Å². The second-order valence-corrected chi connectivity index (χ2v) is 7.81. The highest BCUT2D eigenvalue weighted by atomic mass is 19.1. The normalized spacial score (nSPS) is 16.0. The molecule has 1 aliphatic heterocycles. The monoisotopic (exact) mass is 446 g/mol. The fourth-order valence-electron chi connectivity index (χ4n) is 4.00. The smallest absolute Gasteiger partial charge is 0.275 e. The number of benzene rings is 2. The highest BCUT2D eigenvalue weighted by Gasteiger charge is 2.37. The summed E-state index contributed by atoms with van der Waals surface area (Å²) in [6.07, 6.45) is 1.94. The van der Waals surface area contributed by atoms with Crippen LogP contribution in [-0.4, -0.2) is 57.5 Å². The van der Waals surface area contributed by atoms with Crippen molar-refractivity contribution in [2.75, 3.05) is 19.6 Å². The van der Waals surface area contributed by atoms with Crippen molar-refractivity contribution in [1.82, 2.24) is 20.0 Å². The van der Waals surface area contributed by atoms with Gasteiger partial charge in [-0.3, -0.25) is 14.4 Å². The lowest BCUT2D eigenvalue weighted by atomic mass is 9.97. The molecule has 0 bridgehead atoms. The number of amides is 2. The predicted molar refractivity (Wildman–Crippen MR) is 122 cm³/mol. The molecular weight excluding hydrogens is 423 g/mol. The number of carbonyl (C=O) groups excluding carboxylic acids is 2. The number of rotatable bonds is 6. The lowest BCUT2D eigenvalue weighted by Crippen LogP contribution is -2.59. The number of hydrogen-bond acceptors (Lipinski definition) is 4. The van der Waals surface area contributed by atoms with Gasteiger partial charge >= 0.3 is 0 Å². The molecule has 1 fully saturated rings. The minimum absolute atomic E-state index is 0.0677. The molecule has 0 radical (unpaired) electrons. The van der Waals surface area contributed by atoms with Crippen LogP contribution >= 0.6 is 0 Å². The molecule has 1 aliphatic rings. The summed E-state index contributed by atoms with van der Waals surface area (Å²) in [6, 6.07) is 15.6. The summed E-state index contributed by atoms with van der Waals surface area (Å²) >= 11 is 0. The van der Waals surface area contributed by atoms with E-state index < -0.39 is 17.5 Å². The van der Waals surface area contributed by atoms with Crippen LogP contribution in [0.2, 0.25) is 0 Å². The molecule has 1 atom stereocenters. The molecule has 0 spiro atoms. The zero-order chi connectivity index (χ0) is 23.4. The Hall–Kier alpha value is -4.07. The quantitative estimate of drug-likeness (QED) is 0.590. The molecule has 1 N–H and O–H groups in total. The molecule has 2 amide bonds. The maximum atomic E-state index is 13.7. The Morgan fingerprint density at radius 2 is 1.85 bits per heavy atom. The van der Waals surface area contributed by atoms with Gasteiger partial charge in [-0.2, -0.15) is 5.10 Å². The molecule has 8 heteroatoms. The Bertz CT molecular complexity index is 1240. The second-order valence-electron chi connectivity index (χ2n) is 7.81. The van der Waals surface area contributed by atoms with Crippen molar-refractivity contribution in [2.24, 2.45) is 0 Å². The number of carbonyl (C=O) groups is 2. The first-order chi connectivity index (χ1) is 16.0. The van der Waals surface area contributed by atoms with Gasteiger partial charge < -0.3 is 9.80 Å². The maximum absolute atomic E-state index is 13.7. The molecule has 33 heavy (non-hydrogen) atoms. The number of halogens is 1. The van der Waals surface area contributed by atoms with Crippen molar-refractivity contribution in [2.45, 2.75) is 12.5 Å². The summed E-state index contributed by atoms with van der Waals surface area (Å²) in [5.74, 6) is -0.940. The van der Waals surface area contributed by atoms with E-state index in [1.807, 2.05) is 30.3 Å².